The van der Waals surface area contributed by atoms with Crippen LogP contribution in [0.2, 0.25) is 0 Å². The molecular formula is C14H9BrN2. The van der Waals surface area contributed by atoms with Gasteiger partial charge in [0.15, 0.2) is 0 Å². The van der Waals surface area contributed by atoms with Crippen LogP contribution < -0.4 is 0 Å². The summed E-state index contributed by atoms with van der Waals surface area (Å²) in [5, 5.41) is 0. The first-order chi connectivity index (χ1) is 8.20. The average Bonchev–Trinajstić information content (AvgIpc) is 2.64. The van der Waals surface area contributed by atoms with Gasteiger partial charge in [-0.05, 0) is 5.56 Å². The molecule has 0 fully saturated rings. The Morgan fingerprint density at radius 3 is 2.53 bits per heavy atom. The second kappa shape index (κ2) is 3.64. The number of hydrogen-bond donors (Lipinski definition) is 0. The summed E-state index contributed by atoms with van der Waals surface area (Å²) in [6.45, 7) is 8.05. The molecule has 1 aliphatic rings. The van der Waals surface area contributed by atoms with Crippen LogP contribution in [0.5, 0.6) is 0 Å². The Hall–Kier alpha value is -1.74. The van der Waals surface area contributed by atoms with Crippen LogP contribution in [-0.4, -0.2) is 9.97 Å². The smallest absolute Gasteiger partial charge is 0.0971 e. The molecule has 0 aliphatic heterocycles. The monoisotopic (exact) mass is 284 g/mol. The molecule has 0 spiro atoms. The predicted octanol–water partition coefficient (Wildman–Crippen LogP) is 3.88. The van der Waals surface area contributed by atoms with Crippen LogP contribution in [0.1, 0.15) is 16.8 Å². The maximum atomic E-state index is 4.38. The lowest BCUT2D eigenvalue weighted by Gasteiger charge is -2.06. The third-order valence-corrected chi connectivity index (χ3v) is 3.32. The van der Waals surface area contributed by atoms with Gasteiger partial charge in [0.2, 0.25) is 0 Å². The van der Waals surface area contributed by atoms with Crippen LogP contribution in [0.15, 0.2) is 43.8 Å². The Morgan fingerprint density at radius 2 is 1.82 bits per heavy atom. The maximum Gasteiger partial charge on any atom is 0.0971 e. The van der Waals surface area contributed by atoms with E-state index < -0.39 is 0 Å². The Bertz CT molecular complexity index is 659. The molecule has 1 heterocycles. The highest BCUT2D eigenvalue weighted by atomic mass is 79.9. The number of rotatable bonds is 1. The highest BCUT2D eigenvalue weighted by Crippen LogP contribution is 2.44. The van der Waals surface area contributed by atoms with E-state index in [0.29, 0.717) is 0 Å². The first-order valence-electron chi connectivity index (χ1n) is 5.19. The molecule has 0 N–H and O–H groups in total. The lowest BCUT2D eigenvalue weighted by atomic mass is 10.0. The fourth-order valence-corrected chi connectivity index (χ4v) is 2.51. The van der Waals surface area contributed by atoms with Crippen molar-refractivity contribution in [3.8, 4) is 11.3 Å². The topological polar surface area (TPSA) is 25.8 Å². The van der Waals surface area contributed by atoms with Crippen molar-refractivity contribution in [2.45, 2.75) is 0 Å². The predicted molar refractivity (Wildman–Crippen MR) is 73.6 cm³/mol. The van der Waals surface area contributed by atoms with Crippen LogP contribution in [0.25, 0.3) is 21.3 Å². The molecule has 2 nitrogen and oxygen atoms in total. The second-order valence-corrected chi connectivity index (χ2v) is 4.82. The molecular weight excluding hydrogens is 276 g/mol. The summed E-state index contributed by atoms with van der Waals surface area (Å²) in [5.41, 5.74) is 5.89. The number of hydrogen-bond acceptors (Lipinski definition) is 2. The van der Waals surface area contributed by atoms with Gasteiger partial charge in [-0.2, -0.15) is 0 Å². The van der Waals surface area contributed by atoms with Gasteiger partial charge in [0.1, 0.15) is 0 Å². The molecule has 0 unspecified atom stereocenters. The number of fused-ring (bicyclic) bond motifs is 3. The minimum atomic E-state index is 0.850. The van der Waals surface area contributed by atoms with Crippen molar-refractivity contribution in [1.82, 2.24) is 9.97 Å². The van der Waals surface area contributed by atoms with E-state index in [1.807, 2.05) is 18.2 Å². The maximum absolute atomic E-state index is 4.38. The minimum absolute atomic E-state index is 0.850. The minimum Gasteiger partial charge on any atom is -0.252 e. The molecule has 0 saturated heterocycles. The van der Waals surface area contributed by atoms with Gasteiger partial charge in [-0.3, -0.25) is 9.97 Å². The molecule has 0 radical (unpaired) electrons. The summed E-state index contributed by atoms with van der Waals surface area (Å²) >= 11 is 3.43. The molecule has 82 valence electrons. The molecule has 17 heavy (non-hydrogen) atoms. The molecule has 0 bridgehead atoms. The van der Waals surface area contributed by atoms with E-state index in [9.17, 15) is 0 Å². The molecule has 1 aliphatic carbocycles. The zero-order valence-electron chi connectivity index (χ0n) is 9.07. The van der Waals surface area contributed by atoms with Gasteiger partial charge in [-0.25, -0.2) is 0 Å². The van der Waals surface area contributed by atoms with Crippen molar-refractivity contribution in [3.63, 3.8) is 0 Å². The van der Waals surface area contributed by atoms with Crippen molar-refractivity contribution in [2.24, 2.45) is 0 Å². The fourth-order valence-electron chi connectivity index (χ4n) is 2.18. The Balaban J connectivity index is 2.38. The van der Waals surface area contributed by atoms with Crippen molar-refractivity contribution in [2.75, 3.05) is 0 Å². The van der Waals surface area contributed by atoms with Gasteiger partial charge in [0.05, 0.1) is 11.4 Å². The van der Waals surface area contributed by atoms with E-state index in [2.05, 4.69) is 39.1 Å². The SMILES string of the molecule is C=C(Br)c1cccc2c1C(=C)c1nccnc1-2. The zero-order chi connectivity index (χ0) is 12.0. The van der Waals surface area contributed by atoms with Crippen molar-refractivity contribution in [1.29, 1.82) is 0 Å². The summed E-state index contributed by atoms with van der Waals surface area (Å²) in [5.74, 6) is 0. The van der Waals surface area contributed by atoms with Gasteiger partial charge >= 0.3 is 0 Å². The Morgan fingerprint density at radius 1 is 1.12 bits per heavy atom. The first kappa shape index (κ1) is 10.4. The zero-order valence-corrected chi connectivity index (χ0v) is 10.7. The number of nitrogens with zero attached hydrogens (tertiary/aromatic N) is 2. The van der Waals surface area contributed by atoms with Gasteiger partial charge in [-0.15, -0.1) is 0 Å². The number of aromatic nitrogens is 2. The normalized spacial score (nSPS) is 12.2. The van der Waals surface area contributed by atoms with E-state index in [-0.39, 0.29) is 0 Å². The van der Waals surface area contributed by atoms with E-state index in [1.165, 1.54) is 0 Å². The van der Waals surface area contributed by atoms with Crippen LogP contribution >= 0.6 is 15.9 Å². The first-order valence-corrected chi connectivity index (χ1v) is 5.98. The summed E-state index contributed by atoms with van der Waals surface area (Å²) in [6.07, 6.45) is 3.40. The third-order valence-electron chi connectivity index (χ3n) is 2.90. The molecule has 1 aromatic heterocycles. The van der Waals surface area contributed by atoms with Crippen LogP contribution in [0.3, 0.4) is 0 Å². The Kier molecular flexibility index (Phi) is 2.23. The van der Waals surface area contributed by atoms with Gasteiger partial charge in [-0.1, -0.05) is 47.3 Å². The molecule has 3 rings (SSSR count). The highest BCUT2D eigenvalue weighted by molar-refractivity contribution is 9.15. The summed E-state index contributed by atoms with van der Waals surface area (Å²) in [7, 11) is 0. The van der Waals surface area contributed by atoms with Crippen LogP contribution in [0.4, 0.5) is 0 Å². The van der Waals surface area contributed by atoms with Crippen LogP contribution in [-0.2, 0) is 0 Å². The van der Waals surface area contributed by atoms with E-state index >= 15 is 0 Å². The third kappa shape index (κ3) is 1.39. The summed E-state index contributed by atoms with van der Waals surface area (Å²) in [4.78, 5) is 8.73. The van der Waals surface area contributed by atoms with E-state index in [1.54, 1.807) is 12.4 Å². The largest absolute Gasteiger partial charge is 0.252 e. The quantitative estimate of drug-likeness (QED) is 0.678. The summed E-state index contributed by atoms with van der Waals surface area (Å²) < 4.78 is 0.850. The van der Waals surface area contributed by atoms with Crippen molar-refractivity contribution >= 4 is 26.0 Å². The van der Waals surface area contributed by atoms with Gasteiger partial charge in [0, 0.05) is 33.6 Å². The van der Waals surface area contributed by atoms with Crippen molar-refractivity contribution in [3.05, 3.63) is 60.6 Å². The van der Waals surface area contributed by atoms with Crippen LogP contribution in [0, 0.1) is 0 Å². The molecule has 0 amide bonds. The van der Waals surface area contributed by atoms with Crippen molar-refractivity contribution < 1.29 is 0 Å². The van der Waals surface area contributed by atoms with E-state index in [4.69, 9.17) is 0 Å². The standard InChI is InChI=1S/C14H9BrN2/c1-8-12-10(9(2)15)4-3-5-11(12)14-13(8)16-6-7-17-14/h3-7H,1-2H2. The molecule has 0 atom stereocenters. The van der Waals surface area contributed by atoms with E-state index in [0.717, 1.165) is 38.1 Å². The number of halogens is 1. The van der Waals surface area contributed by atoms with Gasteiger partial charge < -0.3 is 0 Å². The lowest BCUT2D eigenvalue weighted by molar-refractivity contribution is 1.19. The fraction of sp³-hybridized carbons (Fsp3) is 0. The summed E-state index contributed by atoms with van der Waals surface area (Å²) in [6, 6.07) is 6.06. The highest BCUT2D eigenvalue weighted by Gasteiger charge is 2.26. The molecule has 1 aromatic carbocycles. The van der Waals surface area contributed by atoms with Gasteiger partial charge in [0.25, 0.3) is 0 Å². The molecule has 2 aromatic rings. The Labute approximate surface area is 108 Å². The average molecular weight is 285 g/mol. The number of benzene rings is 1. The molecule has 3 heteroatoms. The lowest BCUT2D eigenvalue weighted by Crippen LogP contribution is -1.87. The second-order valence-electron chi connectivity index (χ2n) is 3.87. The molecule has 0 saturated carbocycles.